The third-order valence-electron chi connectivity index (χ3n) is 2.99. The van der Waals surface area contributed by atoms with Crippen molar-refractivity contribution in [2.45, 2.75) is 13.3 Å². The van der Waals surface area contributed by atoms with E-state index < -0.39 is 10.0 Å². The van der Waals surface area contributed by atoms with Crippen molar-refractivity contribution >= 4 is 33.4 Å². The zero-order chi connectivity index (χ0) is 17.4. The molecule has 1 aromatic heterocycles. The van der Waals surface area contributed by atoms with E-state index in [-0.39, 0.29) is 11.7 Å². The van der Waals surface area contributed by atoms with Crippen molar-refractivity contribution in [2.24, 2.45) is 0 Å². The van der Waals surface area contributed by atoms with E-state index in [1.807, 2.05) is 6.07 Å². The maximum absolute atomic E-state index is 11.8. The van der Waals surface area contributed by atoms with Gasteiger partial charge in [-0.3, -0.25) is 14.5 Å². The number of hydrogen-bond donors (Lipinski definition) is 2. The minimum absolute atomic E-state index is 0.0732. The Kier molecular flexibility index (Phi) is 6.08. The smallest absolute Gasteiger partial charge is 0.248 e. The van der Waals surface area contributed by atoms with Gasteiger partial charge in [0.2, 0.25) is 15.9 Å². The molecule has 1 aromatic carbocycles. The lowest BCUT2D eigenvalue weighted by Gasteiger charge is -2.08. The largest absolute Gasteiger partial charge is 0.323 e. The minimum Gasteiger partial charge on any atom is -0.323 e. The molecule has 0 atom stereocenters. The number of anilines is 2. The van der Waals surface area contributed by atoms with Crippen molar-refractivity contribution in [3.05, 3.63) is 60.4 Å². The molecular weight excluding hydrogens is 326 g/mol. The lowest BCUT2D eigenvalue weighted by molar-refractivity contribution is -0.111. The molecule has 1 amide bonds. The standard InChI is InChI=1S/C17H19N3O3S/c1-2-13-24(22,23)20-16-8-6-15(7-9-16)19-17(21)11-10-14-5-3-4-12-18-14/h3-12,20H,2,13H2,1H3,(H,19,21). The summed E-state index contributed by atoms with van der Waals surface area (Å²) in [5.74, 6) is -0.218. The van der Waals surface area contributed by atoms with Crippen molar-refractivity contribution in [1.82, 2.24) is 4.98 Å². The number of carbonyl (C=O) groups excluding carboxylic acids is 1. The van der Waals surface area contributed by atoms with E-state index >= 15 is 0 Å². The van der Waals surface area contributed by atoms with Gasteiger partial charge in [0.25, 0.3) is 0 Å². The highest BCUT2D eigenvalue weighted by atomic mass is 32.2. The van der Waals surface area contributed by atoms with Crippen LogP contribution in [0.5, 0.6) is 0 Å². The van der Waals surface area contributed by atoms with Crippen LogP contribution in [0.4, 0.5) is 11.4 Å². The van der Waals surface area contributed by atoms with Crippen LogP contribution in [-0.2, 0) is 14.8 Å². The molecule has 24 heavy (non-hydrogen) atoms. The molecule has 0 unspecified atom stereocenters. The predicted octanol–water partition coefficient (Wildman–Crippen LogP) is 2.89. The highest BCUT2D eigenvalue weighted by Gasteiger charge is 2.08. The summed E-state index contributed by atoms with van der Waals surface area (Å²) in [6.45, 7) is 1.80. The minimum atomic E-state index is -3.32. The molecule has 0 aliphatic carbocycles. The molecule has 2 N–H and O–H groups in total. The van der Waals surface area contributed by atoms with E-state index in [0.29, 0.717) is 23.5 Å². The monoisotopic (exact) mass is 345 g/mol. The highest BCUT2D eigenvalue weighted by Crippen LogP contribution is 2.15. The molecule has 2 rings (SSSR count). The first-order valence-corrected chi connectivity index (χ1v) is 9.14. The van der Waals surface area contributed by atoms with Crippen LogP contribution in [-0.4, -0.2) is 25.1 Å². The Hall–Kier alpha value is -2.67. The summed E-state index contributed by atoms with van der Waals surface area (Å²) in [7, 11) is -3.32. The van der Waals surface area contributed by atoms with E-state index in [4.69, 9.17) is 0 Å². The molecule has 7 heteroatoms. The zero-order valence-electron chi connectivity index (χ0n) is 13.3. The molecule has 0 saturated heterocycles. The average molecular weight is 345 g/mol. The van der Waals surface area contributed by atoms with Crippen LogP contribution < -0.4 is 10.0 Å². The quantitative estimate of drug-likeness (QED) is 0.755. The number of hydrogen-bond acceptors (Lipinski definition) is 4. The molecule has 0 aliphatic heterocycles. The van der Waals surface area contributed by atoms with Gasteiger partial charge in [-0.15, -0.1) is 0 Å². The van der Waals surface area contributed by atoms with Crippen molar-refractivity contribution in [3.8, 4) is 0 Å². The van der Waals surface area contributed by atoms with Gasteiger partial charge in [-0.2, -0.15) is 0 Å². The summed E-state index contributed by atoms with van der Waals surface area (Å²) < 4.78 is 25.9. The molecule has 0 spiro atoms. The zero-order valence-corrected chi connectivity index (χ0v) is 14.1. The van der Waals surface area contributed by atoms with Gasteiger partial charge < -0.3 is 5.32 Å². The van der Waals surface area contributed by atoms with E-state index in [1.54, 1.807) is 55.6 Å². The predicted molar refractivity (Wildman–Crippen MR) is 96.0 cm³/mol. The summed E-state index contributed by atoms with van der Waals surface area (Å²) in [5, 5.41) is 2.70. The maximum atomic E-state index is 11.8. The van der Waals surface area contributed by atoms with Gasteiger partial charge in [0.1, 0.15) is 0 Å². The SMILES string of the molecule is CCCS(=O)(=O)Nc1ccc(NC(=O)C=Cc2ccccn2)cc1. The molecule has 126 valence electrons. The first-order valence-electron chi connectivity index (χ1n) is 7.49. The molecule has 0 saturated carbocycles. The Morgan fingerprint density at radius 2 is 1.83 bits per heavy atom. The number of nitrogens with zero attached hydrogens (tertiary/aromatic N) is 1. The highest BCUT2D eigenvalue weighted by molar-refractivity contribution is 7.92. The van der Waals surface area contributed by atoms with Gasteiger partial charge in [-0.05, 0) is 48.9 Å². The van der Waals surface area contributed by atoms with Gasteiger partial charge in [0.05, 0.1) is 11.4 Å². The summed E-state index contributed by atoms with van der Waals surface area (Å²) in [4.78, 5) is 15.9. The lowest BCUT2D eigenvalue weighted by Crippen LogP contribution is -2.16. The van der Waals surface area contributed by atoms with E-state index in [2.05, 4.69) is 15.0 Å². The maximum Gasteiger partial charge on any atom is 0.248 e. The van der Waals surface area contributed by atoms with Crippen LogP contribution in [0, 0.1) is 0 Å². The second kappa shape index (κ2) is 8.26. The first kappa shape index (κ1) is 17.7. The fourth-order valence-corrected chi connectivity index (χ4v) is 3.08. The summed E-state index contributed by atoms with van der Waals surface area (Å²) >= 11 is 0. The second-order valence-corrected chi connectivity index (χ2v) is 6.92. The number of pyridine rings is 1. The van der Waals surface area contributed by atoms with Crippen molar-refractivity contribution < 1.29 is 13.2 Å². The van der Waals surface area contributed by atoms with Crippen LogP contribution in [0.2, 0.25) is 0 Å². The Balaban J connectivity index is 1.94. The van der Waals surface area contributed by atoms with Crippen LogP contribution in [0.15, 0.2) is 54.7 Å². The van der Waals surface area contributed by atoms with Crippen molar-refractivity contribution in [3.63, 3.8) is 0 Å². The molecule has 0 fully saturated rings. The third-order valence-corrected chi connectivity index (χ3v) is 4.48. The van der Waals surface area contributed by atoms with E-state index in [0.717, 1.165) is 0 Å². The van der Waals surface area contributed by atoms with Crippen LogP contribution in [0.1, 0.15) is 19.0 Å². The normalized spacial score (nSPS) is 11.4. The first-order chi connectivity index (χ1) is 11.5. The Labute approximate surface area is 141 Å². The number of nitrogens with one attached hydrogen (secondary N) is 2. The second-order valence-electron chi connectivity index (χ2n) is 5.08. The van der Waals surface area contributed by atoms with Crippen LogP contribution >= 0.6 is 0 Å². The Morgan fingerprint density at radius 3 is 2.46 bits per heavy atom. The summed E-state index contributed by atoms with van der Waals surface area (Å²) in [5.41, 5.74) is 1.72. The number of carbonyl (C=O) groups is 1. The molecular formula is C17H19N3O3S. The molecule has 0 bridgehead atoms. The fourth-order valence-electron chi connectivity index (χ4n) is 1.94. The summed E-state index contributed by atoms with van der Waals surface area (Å²) in [6.07, 6.45) is 5.20. The number of rotatable bonds is 7. The van der Waals surface area contributed by atoms with Gasteiger partial charge in [-0.25, -0.2) is 8.42 Å². The number of aromatic nitrogens is 1. The molecule has 6 nitrogen and oxygen atoms in total. The molecule has 1 heterocycles. The van der Waals surface area contributed by atoms with Crippen LogP contribution in [0.25, 0.3) is 6.08 Å². The number of amides is 1. The topological polar surface area (TPSA) is 88.2 Å². The van der Waals surface area contributed by atoms with Gasteiger partial charge in [0, 0.05) is 23.6 Å². The number of sulfonamides is 1. The van der Waals surface area contributed by atoms with Crippen LogP contribution in [0.3, 0.4) is 0 Å². The average Bonchev–Trinajstić information content (AvgIpc) is 2.55. The fraction of sp³-hybridized carbons (Fsp3) is 0.176. The summed E-state index contributed by atoms with van der Waals surface area (Å²) in [6, 6.07) is 11.9. The van der Waals surface area contributed by atoms with E-state index in [9.17, 15) is 13.2 Å². The van der Waals surface area contributed by atoms with Gasteiger partial charge >= 0.3 is 0 Å². The molecule has 0 aliphatic rings. The Morgan fingerprint density at radius 1 is 1.12 bits per heavy atom. The van der Waals surface area contributed by atoms with E-state index in [1.165, 1.54) is 6.08 Å². The molecule has 2 aromatic rings. The number of benzene rings is 1. The molecule has 0 radical (unpaired) electrons. The lowest BCUT2D eigenvalue weighted by atomic mass is 10.3. The van der Waals surface area contributed by atoms with Gasteiger partial charge in [-0.1, -0.05) is 13.0 Å². The van der Waals surface area contributed by atoms with Crippen molar-refractivity contribution in [1.29, 1.82) is 0 Å². The third kappa shape index (κ3) is 5.85. The van der Waals surface area contributed by atoms with Crippen molar-refractivity contribution in [2.75, 3.05) is 15.8 Å². The van der Waals surface area contributed by atoms with Gasteiger partial charge in [0.15, 0.2) is 0 Å². The Bertz CT molecular complexity index is 801.